The highest BCUT2D eigenvalue weighted by Crippen LogP contribution is 2.21. The SMILES string of the molecule is COc1ccc(C)cc1C(=O)O[C@H](C)C(=O)Nc1ccc(Cl)cn1. The van der Waals surface area contributed by atoms with E-state index in [9.17, 15) is 9.59 Å². The molecule has 24 heavy (non-hydrogen) atoms. The quantitative estimate of drug-likeness (QED) is 0.839. The molecule has 0 spiro atoms. The first-order chi connectivity index (χ1) is 11.4. The third kappa shape index (κ3) is 4.45. The number of methoxy groups -OCH3 is 1. The second-order valence-corrected chi connectivity index (χ2v) is 5.54. The van der Waals surface area contributed by atoms with Crippen molar-refractivity contribution in [3.05, 3.63) is 52.7 Å². The van der Waals surface area contributed by atoms with Crippen LogP contribution in [0.25, 0.3) is 0 Å². The molecular weight excluding hydrogens is 332 g/mol. The van der Waals surface area contributed by atoms with Gasteiger partial charge in [0, 0.05) is 6.20 Å². The van der Waals surface area contributed by atoms with Crippen LogP contribution in [0.4, 0.5) is 5.82 Å². The third-order valence-electron chi connectivity index (χ3n) is 3.21. The zero-order chi connectivity index (χ0) is 17.7. The van der Waals surface area contributed by atoms with Gasteiger partial charge in [0.2, 0.25) is 0 Å². The molecule has 0 unspecified atom stereocenters. The van der Waals surface area contributed by atoms with Crippen LogP contribution in [0.15, 0.2) is 36.5 Å². The molecule has 1 aromatic carbocycles. The summed E-state index contributed by atoms with van der Waals surface area (Å²) in [7, 11) is 1.46. The van der Waals surface area contributed by atoms with Crippen LogP contribution in [0.3, 0.4) is 0 Å². The normalized spacial score (nSPS) is 11.5. The number of aromatic nitrogens is 1. The third-order valence-corrected chi connectivity index (χ3v) is 3.43. The number of carbonyl (C=O) groups is 2. The van der Waals surface area contributed by atoms with Gasteiger partial charge >= 0.3 is 5.97 Å². The van der Waals surface area contributed by atoms with Crippen molar-refractivity contribution in [2.45, 2.75) is 20.0 Å². The summed E-state index contributed by atoms with van der Waals surface area (Å²) in [5.41, 5.74) is 1.15. The van der Waals surface area contributed by atoms with Crippen LogP contribution in [-0.2, 0) is 9.53 Å². The lowest BCUT2D eigenvalue weighted by Crippen LogP contribution is -2.30. The molecule has 126 valence electrons. The predicted molar refractivity (Wildman–Crippen MR) is 90.5 cm³/mol. The van der Waals surface area contributed by atoms with Crippen LogP contribution in [0.5, 0.6) is 5.75 Å². The van der Waals surface area contributed by atoms with E-state index >= 15 is 0 Å². The number of carbonyl (C=O) groups excluding carboxylic acids is 2. The summed E-state index contributed by atoms with van der Waals surface area (Å²) < 4.78 is 10.4. The zero-order valence-electron chi connectivity index (χ0n) is 13.5. The maximum atomic E-state index is 12.3. The maximum absolute atomic E-state index is 12.3. The molecule has 1 amide bonds. The van der Waals surface area contributed by atoms with Crippen molar-refractivity contribution in [2.24, 2.45) is 0 Å². The van der Waals surface area contributed by atoms with E-state index in [0.717, 1.165) is 5.56 Å². The van der Waals surface area contributed by atoms with Crippen LogP contribution in [0, 0.1) is 6.92 Å². The van der Waals surface area contributed by atoms with Crippen molar-refractivity contribution in [3.63, 3.8) is 0 Å². The van der Waals surface area contributed by atoms with Crippen molar-refractivity contribution < 1.29 is 19.1 Å². The Bertz CT molecular complexity index is 747. The Balaban J connectivity index is 2.04. The molecule has 1 atom stereocenters. The Kier molecular flexibility index (Phi) is 5.76. The molecule has 1 N–H and O–H groups in total. The summed E-state index contributed by atoms with van der Waals surface area (Å²) in [6.45, 7) is 3.32. The number of amides is 1. The molecule has 0 aliphatic carbocycles. The number of hydrogen-bond donors (Lipinski definition) is 1. The Morgan fingerprint density at radius 2 is 2.00 bits per heavy atom. The molecule has 1 heterocycles. The molecule has 0 bridgehead atoms. The van der Waals surface area contributed by atoms with E-state index in [-0.39, 0.29) is 5.56 Å². The van der Waals surface area contributed by atoms with Crippen molar-refractivity contribution >= 4 is 29.3 Å². The highest BCUT2D eigenvalue weighted by atomic mass is 35.5. The molecule has 0 saturated heterocycles. The lowest BCUT2D eigenvalue weighted by molar-refractivity contribution is -0.123. The first-order valence-electron chi connectivity index (χ1n) is 7.18. The molecule has 7 heteroatoms. The van der Waals surface area contributed by atoms with Crippen molar-refractivity contribution in [1.29, 1.82) is 0 Å². The average Bonchev–Trinajstić information content (AvgIpc) is 2.56. The van der Waals surface area contributed by atoms with E-state index < -0.39 is 18.0 Å². The van der Waals surface area contributed by atoms with Crippen LogP contribution in [0.1, 0.15) is 22.8 Å². The zero-order valence-corrected chi connectivity index (χ0v) is 14.3. The van der Waals surface area contributed by atoms with Gasteiger partial charge in [-0.2, -0.15) is 0 Å². The molecule has 2 aromatic rings. The van der Waals surface area contributed by atoms with Crippen LogP contribution >= 0.6 is 11.6 Å². The summed E-state index contributed by atoms with van der Waals surface area (Å²) in [4.78, 5) is 28.3. The molecule has 2 rings (SSSR count). The van der Waals surface area contributed by atoms with Gasteiger partial charge in [-0.1, -0.05) is 23.2 Å². The largest absolute Gasteiger partial charge is 0.496 e. The minimum atomic E-state index is -1.000. The van der Waals surface area contributed by atoms with Gasteiger partial charge in [0.15, 0.2) is 6.10 Å². The van der Waals surface area contributed by atoms with Gasteiger partial charge in [-0.25, -0.2) is 9.78 Å². The number of esters is 1. The fourth-order valence-corrected chi connectivity index (χ4v) is 2.05. The second kappa shape index (κ2) is 7.79. The molecule has 1 aromatic heterocycles. The van der Waals surface area contributed by atoms with Crippen LogP contribution in [-0.4, -0.2) is 30.1 Å². The van der Waals surface area contributed by atoms with Crippen molar-refractivity contribution in [1.82, 2.24) is 4.98 Å². The molecular formula is C17H17ClN2O4. The van der Waals surface area contributed by atoms with Gasteiger partial charge in [0.05, 0.1) is 12.1 Å². The summed E-state index contributed by atoms with van der Waals surface area (Å²) in [5.74, 6) is -0.426. The minimum absolute atomic E-state index is 0.266. The first kappa shape index (κ1) is 17.7. The molecule has 0 saturated carbocycles. The summed E-state index contributed by atoms with van der Waals surface area (Å²) in [6.07, 6.45) is 0.408. The summed E-state index contributed by atoms with van der Waals surface area (Å²) in [6, 6.07) is 8.29. The van der Waals surface area contributed by atoms with E-state index in [2.05, 4.69) is 10.3 Å². The fraction of sp³-hybridized carbons (Fsp3) is 0.235. The lowest BCUT2D eigenvalue weighted by atomic mass is 10.1. The predicted octanol–water partition coefficient (Wildman–Crippen LogP) is 3.24. The standard InChI is InChI=1S/C17H17ClN2O4/c1-10-4-6-14(23-3)13(8-10)17(22)24-11(2)16(21)20-15-7-5-12(18)9-19-15/h4-9,11H,1-3H3,(H,19,20,21)/t11-/m1/s1. The van der Waals surface area contributed by atoms with Gasteiger partial charge in [0.25, 0.3) is 5.91 Å². The van der Waals surface area contributed by atoms with Gasteiger partial charge in [-0.05, 0) is 38.1 Å². The maximum Gasteiger partial charge on any atom is 0.342 e. The van der Waals surface area contributed by atoms with E-state index in [1.165, 1.54) is 20.2 Å². The minimum Gasteiger partial charge on any atom is -0.496 e. The fourth-order valence-electron chi connectivity index (χ4n) is 1.94. The lowest BCUT2D eigenvalue weighted by Gasteiger charge is -2.14. The van der Waals surface area contributed by atoms with Gasteiger partial charge in [0.1, 0.15) is 17.1 Å². The van der Waals surface area contributed by atoms with E-state index in [0.29, 0.717) is 16.6 Å². The van der Waals surface area contributed by atoms with Crippen molar-refractivity contribution in [2.75, 3.05) is 12.4 Å². The summed E-state index contributed by atoms with van der Waals surface area (Å²) in [5, 5.41) is 3.01. The second-order valence-electron chi connectivity index (χ2n) is 5.10. The van der Waals surface area contributed by atoms with Crippen LogP contribution in [0.2, 0.25) is 5.02 Å². The number of hydrogen-bond acceptors (Lipinski definition) is 5. The number of aryl methyl sites for hydroxylation is 1. The van der Waals surface area contributed by atoms with E-state index in [1.807, 2.05) is 13.0 Å². The summed E-state index contributed by atoms with van der Waals surface area (Å²) >= 11 is 5.73. The Hall–Kier alpha value is -2.60. The average molecular weight is 349 g/mol. The number of anilines is 1. The van der Waals surface area contributed by atoms with Crippen molar-refractivity contribution in [3.8, 4) is 5.75 Å². The number of pyridine rings is 1. The molecule has 6 nitrogen and oxygen atoms in total. The van der Waals surface area contributed by atoms with E-state index in [1.54, 1.807) is 24.3 Å². The molecule has 0 aliphatic heterocycles. The Morgan fingerprint density at radius 1 is 1.25 bits per heavy atom. The number of benzene rings is 1. The van der Waals surface area contributed by atoms with Gasteiger partial charge in [-0.15, -0.1) is 0 Å². The molecule has 0 aliphatic rings. The molecule has 0 radical (unpaired) electrons. The number of rotatable bonds is 5. The Labute approximate surface area is 144 Å². The number of nitrogens with zero attached hydrogens (tertiary/aromatic N) is 1. The molecule has 0 fully saturated rings. The topological polar surface area (TPSA) is 77.5 Å². The smallest absolute Gasteiger partial charge is 0.342 e. The first-order valence-corrected chi connectivity index (χ1v) is 7.56. The van der Waals surface area contributed by atoms with E-state index in [4.69, 9.17) is 21.1 Å². The number of halogens is 1. The van der Waals surface area contributed by atoms with Gasteiger partial charge < -0.3 is 14.8 Å². The number of ether oxygens (including phenoxy) is 2. The highest BCUT2D eigenvalue weighted by Gasteiger charge is 2.21. The Morgan fingerprint density at radius 3 is 2.62 bits per heavy atom. The monoisotopic (exact) mass is 348 g/mol. The number of nitrogens with one attached hydrogen (secondary N) is 1. The van der Waals surface area contributed by atoms with Crippen LogP contribution < -0.4 is 10.1 Å². The van der Waals surface area contributed by atoms with Gasteiger partial charge in [-0.3, -0.25) is 4.79 Å². The highest BCUT2D eigenvalue weighted by molar-refractivity contribution is 6.30.